The van der Waals surface area contributed by atoms with E-state index in [-0.39, 0.29) is 16.7 Å². The predicted molar refractivity (Wildman–Crippen MR) is 71.0 cm³/mol. The molecule has 19 heavy (non-hydrogen) atoms. The summed E-state index contributed by atoms with van der Waals surface area (Å²) < 4.78 is 5.78. The lowest BCUT2D eigenvalue weighted by atomic mass is 10.1. The van der Waals surface area contributed by atoms with Crippen LogP contribution in [0.3, 0.4) is 0 Å². The summed E-state index contributed by atoms with van der Waals surface area (Å²) in [5, 5.41) is 14.3. The summed E-state index contributed by atoms with van der Waals surface area (Å²) in [6.07, 6.45) is 3.85. The molecule has 104 valence electrons. The smallest absolute Gasteiger partial charge is 0.278 e. The van der Waals surface area contributed by atoms with Gasteiger partial charge in [-0.15, -0.1) is 0 Å². The number of nitrogens with one attached hydrogen (secondary N) is 1. The Morgan fingerprint density at radius 1 is 1.58 bits per heavy atom. The lowest BCUT2D eigenvalue weighted by Gasteiger charge is -2.23. The van der Waals surface area contributed by atoms with Crippen LogP contribution in [0, 0.1) is 24.0 Å². The highest BCUT2D eigenvalue weighted by atomic mass is 16.6. The average Bonchev–Trinajstić information content (AvgIpc) is 2.38. The van der Waals surface area contributed by atoms with Gasteiger partial charge in [0.2, 0.25) is 0 Å². The molecule has 1 aliphatic rings. The van der Waals surface area contributed by atoms with Crippen molar-refractivity contribution in [3.8, 4) is 0 Å². The molecule has 1 N–H and O–H groups in total. The van der Waals surface area contributed by atoms with Crippen molar-refractivity contribution in [1.82, 2.24) is 10.3 Å². The van der Waals surface area contributed by atoms with Gasteiger partial charge in [-0.05, 0) is 33.2 Å². The summed E-state index contributed by atoms with van der Waals surface area (Å²) in [6, 6.07) is 0. The maximum absolute atomic E-state index is 11.0. The third-order valence-electron chi connectivity index (χ3n) is 3.47. The largest absolute Gasteiger partial charge is 0.371 e. The maximum Gasteiger partial charge on any atom is 0.278 e. The first kappa shape index (κ1) is 13.9. The minimum Gasteiger partial charge on any atom is -0.371 e. The Balaban J connectivity index is 2.08. The Morgan fingerprint density at radius 2 is 2.37 bits per heavy atom. The first-order valence-electron chi connectivity index (χ1n) is 6.51. The van der Waals surface area contributed by atoms with Crippen molar-refractivity contribution in [2.45, 2.75) is 39.4 Å². The van der Waals surface area contributed by atoms with E-state index >= 15 is 0 Å². The van der Waals surface area contributed by atoms with Crippen molar-refractivity contribution in [1.29, 1.82) is 0 Å². The van der Waals surface area contributed by atoms with Gasteiger partial charge in [0.1, 0.15) is 0 Å². The van der Waals surface area contributed by atoms with Crippen LogP contribution in [0.1, 0.15) is 29.7 Å². The Morgan fingerprint density at radius 3 is 3.00 bits per heavy atom. The zero-order valence-electron chi connectivity index (χ0n) is 11.3. The van der Waals surface area contributed by atoms with Crippen LogP contribution in [0.5, 0.6) is 0 Å². The highest BCUT2D eigenvalue weighted by molar-refractivity contribution is 5.47. The quantitative estimate of drug-likeness (QED) is 0.664. The molecule has 2 rings (SSSR count). The number of hydrogen-bond acceptors (Lipinski definition) is 5. The highest BCUT2D eigenvalue weighted by Gasteiger charge is 2.20. The molecule has 0 radical (unpaired) electrons. The molecule has 0 spiro atoms. The van der Waals surface area contributed by atoms with E-state index in [9.17, 15) is 10.1 Å². The molecule has 6 nitrogen and oxygen atoms in total. The fourth-order valence-electron chi connectivity index (χ4n) is 2.35. The van der Waals surface area contributed by atoms with E-state index in [1.165, 1.54) is 0 Å². The zero-order valence-corrected chi connectivity index (χ0v) is 11.3. The number of aryl methyl sites for hydroxylation is 1. The van der Waals surface area contributed by atoms with Gasteiger partial charge in [-0.1, -0.05) is 0 Å². The van der Waals surface area contributed by atoms with E-state index < -0.39 is 0 Å². The molecule has 0 saturated carbocycles. The third kappa shape index (κ3) is 3.27. The van der Waals surface area contributed by atoms with E-state index in [1.54, 1.807) is 20.0 Å². The normalized spacial score (nSPS) is 19.4. The molecule has 2 heterocycles. The summed E-state index contributed by atoms with van der Waals surface area (Å²) in [4.78, 5) is 14.9. The Hall–Kier alpha value is -1.53. The molecule has 1 aliphatic heterocycles. The number of pyridine rings is 1. The molecule has 1 aromatic heterocycles. The maximum atomic E-state index is 11.0. The number of aromatic nitrogens is 1. The van der Waals surface area contributed by atoms with Crippen molar-refractivity contribution in [2.75, 3.05) is 13.1 Å². The number of piperidine rings is 1. The number of nitro groups is 1. The molecule has 0 bridgehead atoms. The van der Waals surface area contributed by atoms with Gasteiger partial charge in [0.15, 0.2) is 0 Å². The Bertz CT molecular complexity index is 470. The van der Waals surface area contributed by atoms with Crippen molar-refractivity contribution in [3.05, 3.63) is 33.1 Å². The fraction of sp³-hybridized carbons (Fsp3) is 0.615. The molecular formula is C13H19N3O3. The van der Waals surface area contributed by atoms with Gasteiger partial charge in [-0.3, -0.25) is 15.1 Å². The van der Waals surface area contributed by atoms with Gasteiger partial charge in [-0.25, -0.2) is 0 Å². The van der Waals surface area contributed by atoms with Crippen LogP contribution in [-0.2, 0) is 11.3 Å². The minimum absolute atomic E-state index is 0.148. The summed E-state index contributed by atoms with van der Waals surface area (Å²) in [7, 11) is 0. The van der Waals surface area contributed by atoms with Gasteiger partial charge in [0, 0.05) is 18.3 Å². The molecule has 0 unspecified atom stereocenters. The molecule has 1 atom stereocenters. The summed E-state index contributed by atoms with van der Waals surface area (Å²) in [6.45, 7) is 5.64. The van der Waals surface area contributed by atoms with Crippen LogP contribution in [0.15, 0.2) is 6.20 Å². The molecular weight excluding hydrogens is 246 g/mol. The van der Waals surface area contributed by atoms with Gasteiger partial charge < -0.3 is 10.1 Å². The van der Waals surface area contributed by atoms with E-state index in [1.807, 2.05) is 0 Å². The number of ether oxygens (including phenoxy) is 1. The topological polar surface area (TPSA) is 77.3 Å². The molecule has 1 fully saturated rings. The average molecular weight is 265 g/mol. The molecule has 0 amide bonds. The van der Waals surface area contributed by atoms with E-state index in [0.29, 0.717) is 23.4 Å². The standard InChI is InChI=1S/C13H19N3O3/c1-9-6-15-12(10(2)13(9)16(17)18)8-19-11-4-3-5-14-7-11/h6,11,14H,3-5,7-8H2,1-2H3/t11-/m0/s1. The second-order valence-electron chi connectivity index (χ2n) is 4.90. The van der Waals surface area contributed by atoms with Gasteiger partial charge in [0.25, 0.3) is 5.69 Å². The van der Waals surface area contributed by atoms with Crippen LogP contribution in [0.4, 0.5) is 5.69 Å². The molecule has 0 aromatic carbocycles. The van der Waals surface area contributed by atoms with E-state index in [4.69, 9.17) is 4.74 Å². The Labute approximate surface area is 112 Å². The van der Waals surface area contributed by atoms with Gasteiger partial charge in [0.05, 0.1) is 28.9 Å². The number of nitrogens with zero attached hydrogens (tertiary/aromatic N) is 2. The zero-order chi connectivity index (χ0) is 13.8. The van der Waals surface area contributed by atoms with Crippen molar-refractivity contribution < 1.29 is 9.66 Å². The fourth-order valence-corrected chi connectivity index (χ4v) is 2.35. The van der Waals surface area contributed by atoms with Crippen LogP contribution in [0.25, 0.3) is 0 Å². The molecule has 0 aliphatic carbocycles. The second kappa shape index (κ2) is 6.08. The number of rotatable bonds is 4. The Kier molecular flexibility index (Phi) is 4.44. The number of hydrogen-bond donors (Lipinski definition) is 1. The van der Waals surface area contributed by atoms with Crippen molar-refractivity contribution in [3.63, 3.8) is 0 Å². The van der Waals surface area contributed by atoms with Crippen LogP contribution < -0.4 is 5.32 Å². The van der Waals surface area contributed by atoms with Gasteiger partial charge >= 0.3 is 0 Å². The molecule has 6 heteroatoms. The van der Waals surface area contributed by atoms with Crippen molar-refractivity contribution >= 4 is 5.69 Å². The lowest BCUT2D eigenvalue weighted by Crippen LogP contribution is -2.35. The van der Waals surface area contributed by atoms with Crippen molar-refractivity contribution in [2.24, 2.45) is 0 Å². The van der Waals surface area contributed by atoms with E-state index in [0.717, 1.165) is 25.9 Å². The third-order valence-corrected chi connectivity index (χ3v) is 3.47. The summed E-state index contributed by atoms with van der Waals surface area (Å²) in [5.74, 6) is 0. The van der Waals surface area contributed by atoms with E-state index in [2.05, 4.69) is 10.3 Å². The lowest BCUT2D eigenvalue weighted by molar-refractivity contribution is -0.386. The second-order valence-corrected chi connectivity index (χ2v) is 4.90. The highest BCUT2D eigenvalue weighted by Crippen LogP contribution is 2.24. The van der Waals surface area contributed by atoms with Gasteiger partial charge in [-0.2, -0.15) is 0 Å². The summed E-state index contributed by atoms with van der Waals surface area (Å²) >= 11 is 0. The monoisotopic (exact) mass is 265 g/mol. The first-order chi connectivity index (χ1) is 9.09. The van der Waals surface area contributed by atoms with Crippen LogP contribution in [0.2, 0.25) is 0 Å². The molecule has 1 aromatic rings. The van der Waals surface area contributed by atoms with Crippen LogP contribution in [-0.4, -0.2) is 29.1 Å². The first-order valence-corrected chi connectivity index (χ1v) is 6.51. The molecule has 1 saturated heterocycles. The minimum atomic E-state index is -0.349. The SMILES string of the molecule is Cc1cnc(CO[C@H]2CCCNC2)c(C)c1[N+](=O)[O-]. The van der Waals surface area contributed by atoms with Crippen LogP contribution >= 0.6 is 0 Å². The predicted octanol–water partition coefficient (Wildman–Crippen LogP) is 1.88. The summed E-state index contributed by atoms with van der Waals surface area (Å²) in [5.41, 5.74) is 2.00.